The van der Waals surface area contributed by atoms with Gasteiger partial charge in [-0.05, 0) is 25.0 Å². The lowest BCUT2D eigenvalue weighted by atomic mass is 10.1. The number of carbonyl (C=O) groups excluding carboxylic acids is 1. The molecule has 2 aromatic rings. The summed E-state index contributed by atoms with van der Waals surface area (Å²) in [6.07, 6.45) is 4.82. The van der Waals surface area contributed by atoms with Gasteiger partial charge in [-0.25, -0.2) is 21.8 Å². The molecule has 2 aliphatic heterocycles. The fourth-order valence-corrected chi connectivity index (χ4v) is 6.52. The van der Waals surface area contributed by atoms with Gasteiger partial charge in [-0.15, -0.1) is 11.3 Å². The average Bonchev–Trinajstić information content (AvgIpc) is 3.45. The van der Waals surface area contributed by atoms with Crippen molar-refractivity contribution in [3.8, 4) is 0 Å². The van der Waals surface area contributed by atoms with Crippen LogP contribution < -0.4 is 5.32 Å². The number of hydrogen-bond acceptors (Lipinski definition) is 10. The van der Waals surface area contributed by atoms with Gasteiger partial charge in [0, 0.05) is 55.6 Å². The van der Waals surface area contributed by atoms with Gasteiger partial charge in [-0.3, -0.25) is 20.0 Å². The summed E-state index contributed by atoms with van der Waals surface area (Å²) in [5.74, 6) is -0.114. The van der Waals surface area contributed by atoms with Gasteiger partial charge in [0.15, 0.2) is 30.5 Å². The number of nitrogens with zero attached hydrogens (tertiary/aromatic N) is 4. The Balaban J connectivity index is 1.48. The van der Waals surface area contributed by atoms with Gasteiger partial charge in [0.25, 0.3) is 5.91 Å². The molecule has 0 unspecified atom stereocenters. The van der Waals surface area contributed by atoms with Crippen LogP contribution in [0.15, 0.2) is 40.5 Å². The second-order valence-electron chi connectivity index (χ2n) is 8.42. The van der Waals surface area contributed by atoms with Crippen molar-refractivity contribution in [3.05, 3.63) is 40.9 Å². The Kier molecular flexibility index (Phi) is 7.36. The quantitative estimate of drug-likeness (QED) is 0.534. The summed E-state index contributed by atoms with van der Waals surface area (Å²) in [6, 6.07) is 6.11. The predicted octanol–water partition coefficient (Wildman–Crippen LogP) is 1.22. The SMILES string of the molecule is CS(=O)(=O)c1ccc(/C(=N\N2CCCC2)C(=O)Nc2ncc(CN3CCS(=O)(=O)CC3)s2)cc1. The highest BCUT2D eigenvalue weighted by Gasteiger charge is 2.23. The minimum Gasteiger partial charge on any atom is -0.296 e. The molecule has 1 aromatic carbocycles. The monoisotopic (exact) mass is 525 g/mol. The number of hydrazone groups is 1. The largest absolute Gasteiger partial charge is 0.296 e. The summed E-state index contributed by atoms with van der Waals surface area (Å²) in [4.78, 5) is 20.6. The molecule has 34 heavy (non-hydrogen) atoms. The highest BCUT2D eigenvalue weighted by molar-refractivity contribution is 7.91. The number of hydrogen-bond donors (Lipinski definition) is 1. The zero-order valence-electron chi connectivity index (χ0n) is 18.8. The molecule has 184 valence electrons. The van der Waals surface area contributed by atoms with Gasteiger partial charge in [0.2, 0.25) is 0 Å². The smallest absolute Gasteiger partial charge is 0.278 e. The maximum absolute atomic E-state index is 13.2. The summed E-state index contributed by atoms with van der Waals surface area (Å²) in [5.41, 5.74) is 0.711. The molecule has 2 saturated heterocycles. The Hall–Kier alpha value is -2.35. The van der Waals surface area contributed by atoms with Crippen LogP contribution in [0.3, 0.4) is 0 Å². The fraction of sp³-hybridized carbons (Fsp3) is 0.476. The molecule has 0 atom stereocenters. The molecule has 1 N–H and O–H groups in total. The van der Waals surface area contributed by atoms with E-state index in [1.807, 2.05) is 5.01 Å². The van der Waals surface area contributed by atoms with Gasteiger partial charge in [0.05, 0.1) is 16.4 Å². The van der Waals surface area contributed by atoms with Crippen molar-refractivity contribution in [3.63, 3.8) is 0 Å². The lowest BCUT2D eigenvalue weighted by molar-refractivity contribution is -0.110. The molecule has 1 aromatic heterocycles. The van der Waals surface area contributed by atoms with Gasteiger partial charge >= 0.3 is 0 Å². The number of thiazole rings is 1. The zero-order valence-corrected chi connectivity index (χ0v) is 21.3. The number of anilines is 1. The highest BCUT2D eigenvalue weighted by atomic mass is 32.2. The van der Waals surface area contributed by atoms with Gasteiger partial charge in [0.1, 0.15) is 0 Å². The summed E-state index contributed by atoms with van der Waals surface area (Å²) >= 11 is 1.33. The number of benzene rings is 1. The summed E-state index contributed by atoms with van der Waals surface area (Å²) in [5, 5.41) is 9.62. The maximum Gasteiger partial charge on any atom is 0.278 e. The molecule has 2 fully saturated rings. The molecule has 0 spiro atoms. The second kappa shape index (κ2) is 10.1. The standard InChI is InChI=1S/C21H27N5O5S3/c1-33(28,29)18-6-4-16(5-7-18)19(24-26-8-2-3-9-26)20(27)23-21-22-14-17(32-21)15-25-10-12-34(30,31)13-11-25/h4-7,14H,2-3,8-13,15H2,1H3,(H,22,23,27)/b24-19+. The van der Waals surface area contributed by atoms with Gasteiger partial charge < -0.3 is 0 Å². The third-order valence-electron chi connectivity index (χ3n) is 5.69. The van der Waals surface area contributed by atoms with Gasteiger partial charge in [-0.1, -0.05) is 12.1 Å². The van der Waals surface area contributed by atoms with E-state index in [-0.39, 0.29) is 22.1 Å². The van der Waals surface area contributed by atoms with E-state index in [1.54, 1.807) is 18.3 Å². The minimum atomic E-state index is -3.35. The van der Waals surface area contributed by atoms with E-state index in [0.717, 1.165) is 37.1 Å². The van der Waals surface area contributed by atoms with E-state index in [9.17, 15) is 21.6 Å². The average molecular weight is 526 g/mol. The first-order valence-electron chi connectivity index (χ1n) is 10.9. The Morgan fingerprint density at radius 2 is 1.76 bits per heavy atom. The van der Waals surface area contributed by atoms with Crippen molar-refractivity contribution in [2.45, 2.75) is 24.3 Å². The first-order valence-corrected chi connectivity index (χ1v) is 15.4. The van der Waals surface area contributed by atoms with E-state index >= 15 is 0 Å². The number of nitrogens with one attached hydrogen (secondary N) is 1. The third kappa shape index (κ3) is 6.40. The molecule has 13 heteroatoms. The second-order valence-corrected chi connectivity index (χ2v) is 13.9. The van der Waals surface area contributed by atoms with Gasteiger partial charge in [-0.2, -0.15) is 5.10 Å². The van der Waals surface area contributed by atoms with Crippen molar-refractivity contribution in [1.29, 1.82) is 0 Å². The lowest BCUT2D eigenvalue weighted by Crippen LogP contribution is -2.39. The van der Waals surface area contributed by atoms with Crippen LogP contribution in [-0.4, -0.2) is 87.3 Å². The molecule has 0 bridgehead atoms. The normalized spacial score (nSPS) is 19.3. The van der Waals surface area contributed by atoms with Crippen LogP contribution in [0, 0.1) is 0 Å². The van der Waals surface area contributed by atoms with Crippen LogP contribution in [0.25, 0.3) is 0 Å². The zero-order chi connectivity index (χ0) is 24.3. The lowest BCUT2D eigenvalue weighted by Gasteiger charge is -2.25. The van der Waals surface area contributed by atoms with E-state index in [1.165, 1.54) is 23.5 Å². The summed E-state index contributed by atoms with van der Waals surface area (Å²) < 4.78 is 46.8. The number of carbonyl (C=O) groups is 1. The van der Waals surface area contributed by atoms with Crippen molar-refractivity contribution >= 4 is 47.8 Å². The van der Waals surface area contributed by atoms with E-state index in [2.05, 4.69) is 20.3 Å². The van der Waals surface area contributed by atoms with Crippen molar-refractivity contribution < 1.29 is 21.6 Å². The van der Waals surface area contributed by atoms with Crippen LogP contribution in [0.1, 0.15) is 23.3 Å². The van der Waals surface area contributed by atoms with Crippen molar-refractivity contribution in [1.82, 2.24) is 14.9 Å². The molecule has 0 aliphatic carbocycles. The topological polar surface area (TPSA) is 129 Å². The molecular weight excluding hydrogens is 498 g/mol. The number of rotatable bonds is 7. The highest BCUT2D eigenvalue weighted by Crippen LogP contribution is 2.22. The Labute approximate surface area is 203 Å². The molecule has 10 nitrogen and oxygen atoms in total. The first kappa shape index (κ1) is 24.8. The van der Waals surface area contributed by atoms with Crippen LogP contribution >= 0.6 is 11.3 Å². The minimum absolute atomic E-state index is 0.157. The molecule has 3 heterocycles. The number of sulfone groups is 2. The fourth-order valence-electron chi connectivity index (χ4n) is 3.76. The molecule has 2 aliphatic rings. The molecule has 1 amide bonds. The van der Waals surface area contributed by atoms with E-state index in [4.69, 9.17) is 0 Å². The van der Waals surface area contributed by atoms with Crippen LogP contribution in [0.2, 0.25) is 0 Å². The summed E-state index contributed by atoms with van der Waals surface area (Å²) in [7, 11) is -6.29. The van der Waals surface area contributed by atoms with Crippen LogP contribution in [0.4, 0.5) is 5.13 Å². The molecule has 4 rings (SSSR count). The predicted molar refractivity (Wildman–Crippen MR) is 132 cm³/mol. The van der Waals surface area contributed by atoms with Crippen LogP contribution in [-0.2, 0) is 31.0 Å². The molecular formula is C21H27N5O5S3. The number of amides is 1. The summed E-state index contributed by atoms with van der Waals surface area (Å²) in [6.45, 7) is 3.05. The van der Waals surface area contributed by atoms with Crippen molar-refractivity contribution in [2.24, 2.45) is 5.10 Å². The maximum atomic E-state index is 13.2. The first-order chi connectivity index (χ1) is 16.1. The molecule has 0 radical (unpaired) electrons. The van der Waals surface area contributed by atoms with E-state index in [0.29, 0.717) is 30.3 Å². The van der Waals surface area contributed by atoms with E-state index < -0.39 is 25.6 Å². The Bertz CT molecular complexity index is 1270. The number of aromatic nitrogens is 1. The van der Waals surface area contributed by atoms with Crippen LogP contribution in [0.5, 0.6) is 0 Å². The molecule has 0 saturated carbocycles. The van der Waals surface area contributed by atoms with Crippen molar-refractivity contribution in [2.75, 3.05) is 49.3 Å². The third-order valence-corrected chi connectivity index (χ3v) is 9.32. The Morgan fingerprint density at radius 3 is 2.38 bits per heavy atom. The Morgan fingerprint density at radius 1 is 1.12 bits per heavy atom.